The van der Waals surface area contributed by atoms with Crippen molar-refractivity contribution in [2.75, 3.05) is 5.32 Å². The van der Waals surface area contributed by atoms with Gasteiger partial charge in [-0.05, 0) is 23.6 Å². The van der Waals surface area contributed by atoms with E-state index in [1.54, 1.807) is 29.6 Å². The molecule has 3 amide bonds. The first-order valence-corrected chi connectivity index (χ1v) is 8.32. The van der Waals surface area contributed by atoms with E-state index in [-0.39, 0.29) is 21.8 Å². The number of rotatable bonds is 3. The van der Waals surface area contributed by atoms with Crippen molar-refractivity contribution in [2.24, 2.45) is 0 Å². The van der Waals surface area contributed by atoms with E-state index in [9.17, 15) is 19.2 Å². The van der Waals surface area contributed by atoms with Crippen molar-refractivity contribution in [1.82, 2.24) is 10.9 Å². The molecule has 2 heterocycles. The van der Waals surface area contributed by atoms with Crippen LogP contribution in [0.3, 0.4) is 0 Å². The Hall–Kier alpha value is -3.46. The molecule has 0 radical (unpaired) electrons. The Labute approximate surface area is 150 Å². The maximum absolute atomic E-state index is 12.4. The van der Waals surface area contributed by atoms with E-state index >= 15 is 0 Å². The molecule has 132 valence electrons. The molecule has 0 aliphatic heterocycles. The molecular weight excluding hydrogens is 358 g/mol. The van der Waals surface area contributed by atoms with Gasteiger partial charge in [0.2, 0.25) is 5.91 Å². The van der Waals surface area contributed by atoms with Crippen LogP contribution in [0.4, 0.5) is 5.00 Å². The highest BCUT2D eigenvalue weighted by Crippen LogP contribution is 2.24. The molecule has 26 heavy (non-hydrogen) atoms. The molecule has 0 spiro atoms. The van der Waals surface area contributed by atoms with E-state index in [4.69, 9.17) is 4.42 Å². The van der Waals surface area contributed by atoms with Gasteiger partial charge in [0, 0.05) is 13.0 Å². The third-order valence-corrected chi connectivity index (χ3v) is 4.18. The minimum atomic E-state index is -0.663. The lowest BCUT2D eigenvalue weighted by molar-refractivity contribution is -0.119. The average molecular weight is 371 g/mol. The highest BCUT2D eigenvalue weighted by atomic mass is 32.1. The number of thiophene rings is 1. The zero-order chi connectivity index (χ0) is 18.7. The smallest absolute Gasteiger partial charge is 0.292 e. The third-order valence-electron chi connectivity index (χ3n) is 3.35. The van der Waals surface area contributed by atoms with Gasteiger partial charge in [0.15, 0.2) is 11.2 Å². The van der Waals surface area contributed by atoms with Crippen LogP contribution in [0.25, 0.3) is 11.0 Å². The minimum absolute atomic E-state index is 0.167. The number of hydrogen-bond acceptors (Lipinski definition) is 6. The Bertz CT molecular complexity index is 1070. The van der Waals surface area contributed by atoms with Gasteiger partial charge in [-0.15, -0.1) is 11.3 Å². The Balaban J connectivity index is 1.83. The van der Waals surface area contributed by atoms with Crippen molar-refractivity contribution in [3.8, 4) is 0 Å². The molecule has 0 aliphatic rings. The van der Waals surface area contributed by atoms with Gasteiger partial charge in [0.1, 0.15) is 10.6 Å². The molecule has 1 aromatic carbocycles. The number of hydrazine groups is 1. The molecule has 0 fully saturated rings. The predicted octanol–water partition coefficient (Wildman–Crippen LogP) is 1.89. The van der Waals surface area contributed by atoms with Crippen molar-refractivity contribution in [1.29, 1.82) is 0 Å². The quantitative estimate of drug-likeness (QED) is 0.608. The molecule has 9 heteroatoms. The molecule has 0 atom stereocenters. The number of hydrogen-bond donors (Lipinski definition) is 3. The first kappa shape index (κ1) is 17.4. The van der Waals surface area contributed by atoms with Gasteiger partial charge in [0.25, 0.3) is 11.8 Å². The van der Waals surface area contributed by atoms with Crippen LogP contribution in [-0.4, -0.2) is 17.7 Å². The van der Waals surface area contributed by atoms with Gasteiger partial charge < -0.3 is 9.73 Å². The number of fused-ring (bicyclic) bond motifs is 1. The lowest BCUT2D eigenvalue weighted by Gasteiger charge is -2.07. The molecule has 0 bridgehead atoms. The van der Waals surface area contributed by atoms with Crippen molar-refractivity contribution >= 4 is 45.0 Å². The van der Waals surface area contributed by atoms with Crippen molar-refractivity contribution < 1.29 is 18.8 Å². The number of para-hydroxylation sites is 1. The SMILES string of the molecule is CC(=O)NNC(=O)c1ccsc1NC(=O)c1cc(=O)c2ccccc2o1. The van der Waals surface area contributed by atoms with Crippen LogP contribution in [0.2, 0.25) is 0 Å². The van der Waals surface area contributed by atoms with Crippen LogP contribution in [0, 0.1) is 0 Å². The lowest BCUT2D eigenvalue weighted by atomic mass is 10.2. The summed E-state index contributed by atoms with van der Waals surface area (Å²) in [5.41, 5.74) is 4.50. The summed E-state index contributed by atoms with van der Waals surface area (Å²) in [6.45, 7) is 1.25. The van der Waals surface area contributed by atoms with Crippen LogP contribution < -0.4 is 21.6 Å². The Kier molecular flexibility index (Phi) is 4.81. The second-order valence-electron chi connectivity index (χ2n) is 5.22. The topological polar surface area (TPSA) is 118 Å². The summed E-state index contributed by atoms with van der Waals surface area (Å²) in [4.78, 5) is 47.4. The number of amides is 3. The standard InChI is InChI=1S/C17H13N3O5S/c1-9(21)19-20-15(23)11-6-7-26-17(11)18-16(24)14-8-12(22)10-4-2-3-5-13(10)25-14/h2-8H,1H3,(H,18,24)(H,19,21)(H,20,23). The summed E-state index contributed by atoms with van der Waals surface area (Å²) in [5.74, 6) is -1.85. The molecule has 8 nitrogen and oxygen atoms in total. The summed E-state index contributed by atoms with van der Waals surface area (Å²) >= 11 is 1.12. The fraction of sp³-hybridized carbons (Fsp3) is 0.0588. The molecule has 0 aliphatic carbocycles. The van der Waals surface area contributed by atoms with Crippen molar-refractivity contribution in [3.63, 3.8) is 0 Å². The number of nitrogens with one attached hydrogen (secondary N) is 3. The second-order valence-corrected chi connectivity index (χ2v) is 6.14. The Morgan fingerprint density at radius 3 is 2.58 bits per heavy atom. The third kappa shape index (κ3) is 3.62. The first-order chi connectivity index (χ1) is 12.5. The van der Waals surface area contributed by atoms with E-state index in [1.165, 1.54) is 13.0 Å². The summed E-state index contributed by atoms with van der Waals surface area (Å²) in [7, 11) is 0. The molecule has 3 N–H and O–H groups in total. The van der Waals surface area contributed by atoms with Gasteiger partial charge in [-0.1, -0.05) is 12.1 Å². The molecule has 3 aromatic rings. The largest absolute Gasteiger partial charge is 0.451 e. The molecule has 3 rings (SSSR count). The highest BCUT2D eigenvalue weighted by Gasteiger charge is 2.18. The number of carbonyl (C=O) groups excluding carboxylic acids is 3. The lowest BCUT2D eigenvalue weighted by Crippen LogP contribution is -2.40. The minimum Gasteiger partial charge on any atom is -0.451 e. The Morgan fingerprint density at radius 2 is 1.81 bits per heavy atom. The van der Waals surface area contributed by atoms with Crippen molar-refractivity contribution in [2.45, 2.75) is 6.92 Å². The van der Waals surface area contributed by atoms with Gasteiger partial charge in [0.05, 0.1) is 10.9 Å². The number of benzene rings is 1. The summed E-state index contributed by atoms with van der Waals surface area (Å²) in [5, 5.41) is 4.78. The zero-order valence-electron chi connectivity index (χ0n) is 13.5. The molecule has 2 aromatic heterocycles. The predicted molar refractivity (Wildman–Crippen MR) is 96.0 cm³/mol. The van der Waals surface area contributed by atoms with Gasteiger partial charge in [-0.3, -0.25) is 30.0 Å². The van der Waals surface area contributed by atoms with E-state index in [1.807, 2.05) is 0 Å². The molecular formula is C17H13N3O5S. The van der Waals surface area contributed by atoms with Gasteiger partial charge >= 0.3 is 0 Å². The van der Waals surface area contributed by atoms with Crippen LogP contribution in [-0.2, 0) is 4.79 Å². The van der Waals surface area contributed by atoms with E-state index < -0.39 is 17.7 Å². The van der Waals surface area contributed by atoms with Crippen LogP contribution in [0.1, 0.15) is 27.8 Å². The monoisotopic (exact) mass is 371 g/mol. The number of carbonyl (C=O) groups is 3. The van der Waals surface area contributed by atoms with Gasteiger partial charge in [-0.2, -0.15) is 0 Å². The summed E-state index contributed by atoms with van der Waals surface area (Å²) in [6, 6.07) is 9.18. The Morgan fingerprint density at radius 1 is 1.04 bits per heavy atom. The zero-order valence-corrected chi connectivity index (χ0v) is 14.3. The van der Waals surface area contributed by atoms with E-state index in [2.05, 4.69) is 16.2 Å². The number of anilines is 1. The van der Waals surface area contributed by atoms with Crippen molar-refractivity contribution in [3.05, 3.63) is 63.3 Å². The fourth-order valence-corrected chi connectivity index (χ4v) is 2.96. The fourth-order valence-electron chi connectivity index (χ4n) is 2.18. The maximum Gasteiger partial charge on any atom is 0.292 e. The molecule has 0 saturated heterocycles. The van der Waals surface area contributed by atoms with Gasteiger partial charge in [-0.25, -0.2) is 0 Å². The molecule has 0 unspecified atom stereocenters. The second kappa shape index (κ2) is 7.19. The van der Waals surface area contributed by atoms with E-state index in [0.717, 1.165) is 17.4 Å². The summed E-state index contributed by atoms with van der Waals surface area (Å²) in [6.07, 6.45) is 0. The normalized spacial score (nSPS) is 10.3. The van der Waals surface area contributed by atoms with Crippen LogP contribution >= 0.6 is 11.3 Å². The summed E-state index contributed by atoms with van der Waals surface area (Å²) < 4.78 is 5.47. The maximum atomic E-state index is 12.4. The van der Waals surface area contributed by atoms with E-state index in [0.29, 0.717) is 11.0 Å². The molecule has 0 saturated carbocycles. The van der Waals surface area contributed by atoms with Crippen LogP contribution in [0.5, 0.6) is 0 Å². The highest BCUT2D eigenvalue weighted by molar-refractivity contribution is 7.14. The average Bonchev–Trinajstić information content (AvgIpc) is 3.07. The first-order valence-electron chi connectivity index (χ1n) is 7.44. The van der Waals surface area contributed by atoms with Crippen LogP contribution in [0.15, 0.2) is 51.0 Å².